The quantitative estimate of drug-likeness (QED) is 0.599. The Kier molecular flexibility index (Phi) is 8.65. The fourth-order valence-corrected chi connectivity index (χ4v) is 4.23. The van der Waals surface area contributed by atoms with Gasteiger partial charge in [-0.1, -0.05) is 30.3 Å². The molecule has 162 valence electrons. The highest BCUT2D eigenvalue weighted by Crippen LogP contribution is 2.19. The van der Waals surface area contributed by atoms with Crippen LogP contribution in [0.1, 0.15) is 35.0 Å². The van der Waals surface area contributed by atoms with Crippen molar-refractivity contribution < 1.29 is 14.3 Å². The van der Waals surface area contributed by atoms with Crippen LogP contribution < -0.4 is 10.6 Å². The lowest BCUT2D eigenvalue weighted by Crippen LogP contribution is -2.46. The number of ether oxygens (including phenoxy) is 1. The summed E-state index contributed by atoms with van der Waals surface area (Å²) in [6.45, 7) is 5.16. The van der Waals surface area contributed by atoms with E-state index in [9.17, 15) is 9.59 Å². The maximum atomic E-state index is 13.0. The van der Waals surface area contributed by atoms with Crippen LogP contribution in [-0.2, 0) is 16.0 Å². The first-order chi connectivity index (χ1) is 14.6. The van der Waals surface area contributed by atoms with Gasteiger partial charge in [-0.2, -0.15) is 0 Å². The van der Waals surface area contributed by atoms with Crippen LogP contribution in [0.5, 0.6) is 0 Å². The third kappa shape index (κ3) is 6.81. The predicted molar refractivity (Wildman–Crippen MR) is 118 cm³/mol. The largest absolute Gasteiger partial charge is 0.378 e. The molecule has 0 radical (unpaired) electrons. The van der Waals surface area contributed by atoms with Crippen molar-refractivity contribution in [2.75, 3.05) is 39.4 Å². The second-order valence-electron chi connectivity index (χ2n) is 7.38. The minimum Gasteiger partial charge on any atom is -0.378 e. The summed E-state index contributed by atoms with van der Waals surface area (Å²) in [6.07, 6.45) is 2.81. The molecule has 2 heterocycles. The number of carbonyl (C=O) groups excluding carboxylic acids is 2. The van der Waals surface area contributed by atoms with Crippen molar-refractivity contribution in [1.82, 2.24) is 20.5 Å². The number of amides is 3. The monoisotopic (exact) mass is 430 g/mol. The van der Waals surface area contributed by atoms with Crippen molar-refractivity contribution in [2.24, 2.45) is 0 Å². The van der Waals surface area contributed by atoms with Crippen LogP contribution in [0.2, 0.25) is 0 Å². The van der Waals surface area contributed by atoms with Gasteiger partial charge in [-0.15, -0.1) is 11.3 Å². The molecule has 3 amide bonds. The van der Waals surface area contributed by atoms with Crippen molar-refractivity contribution in [3.05, 3.63) is 52.0 Å². The van der Waals surface area contributed by atoms with Crippen molar-refractivity contribution in [3.63, 3.8) is 0 Å². The lowest BCUT2D eigenvalue weighted by molar-refractivity contribution is -0.136. The highest BCUT2D eigenvalue weighted by Gasteiger charge is 2.27. The first-order valence-electron chi connectivity index (χ1n) is 10.5. The van der Waals surface area contributed by atoms with Gasteiger partial charge >= 0.3 is 6.03 Å². The molecule has 8 heteroatoms. The van der Waals surface area contributed by atoms with Crippen LogP contribution in [0.4, 0.5) is 4.79 Å². The van der Waals surface area contributed by atoms with Gasteiger partial charge in [0.05, 0.1) is 24.1 Å². The zero-order valence-corrected chi connectivity index (χ0v) is 18.2. The summed E-state index contributed by atoms with van der Waals surface area (Å²) in [6, 6.07) is 9.38. The molecule has 0 saturated carbocycles. The van der Waals surface area contributed by atoms with Crippen LogP contribution in [0.3, 0.4) is 0 Å². The molecule has 1 fully saturated rings. The van der Waals surface area contributed by atoms with Crippen LogP contribution in [-0.4, -0.2) is 61.2 Å². The van der Waals surface area contributed by atoms with Gasteiger partial charge in [0, 0.05) is 37.3 Å². The number of hydrogen-bond donors (Lipinski definition) is 2. The fraction of sp³-hybridized carbons (Fsp3) is 0.500. The molecular weight excluding hydrogens is 400 g/mol. The topological polar surface area (TPSA) is 83.6 Å². The number of urea groups is 1. The molecule has 2 aromatic rings. The number of nitrogens with one attached hydrogen (secondary N) is 2. The van der Waals surface area contributed by atoms with Gasteiger partial charge in [0.25, 0.3) is 0 Å². The highest BCUT2D eigenvalue weighted by atomic mass is 32.1. The summed E-state index contributed by atoms with van der Waals surface area (Å²) in [4.78, 5) is 31.5. The number of thiazole rings is 1. The van der Waals surface area contributed by atoms with Gasteiger partial charge in [0.1, 0.15) is 0 Å². The molecule has 0 bridgehead atoms. The predicted octanol–water partition coefficient (Wildman–Crippen LogP) is 2.72. The molecular formula is C22H30N4O3S. The molecule has 1 unspecified atom stereocenters. The average Bonchev–Trinajstić information content (AvgIpc) is 3.20. The molecule has 0 spiro atoms. The van der Waals surface area contributed by atoms with Gasteiger partial charge in [-0.05, 0) is 31.7 Å². The van der Waals surface area contributed by atoms with E-state index in [2.05, 4.69) is 21.0 Å². The van der Waals surface area contributed by atoms with E-state index >= 15 is 0 Å². The number of morpholine rings is 1. The van der Waals surface area contributed by atoms with E-state index in [1.807, 2.05) is 42.2 Å². The molecule has 30 heavy (non-hydrogen) atoms. The maximum absolute atomic E-state index is 13.0. The Balaban J connectivity index is 1.43. The third-order valence-corrected chi connectivity index (χ3v) is 6.09. The van der Waals surface area contributed by atoms with Crippen molar-refractivity contribution in [3.8, 4) is 0 Å². The molecule has 1 aromatic carbocycles. The Bertz CT molecular complexity index is 806. The summed E-state index contributed by atoms with van der Waals surface area (Å²) >= 11 is 1.68. The van der Waals surface area contributed by atoms with Crippen LogP contribution in [0.25, 0.3) is 0 Å². The Morgan fingerprint density at radius 3 is 2.63 bits per heavy atom. The van der Waals surface area contributed by atoms with Gasteiger partial charge in [-0.25, -0.2) is 9.78 Å². The molecule has 1 aliphatic heterocycles. The lowest BCUT2D eigenvalue weighted by Gasteiger charge is -2.30. The Labute approximate surface area is 181 Å². The van der Waals surface area contributed by atoms with E-state index in [4.69, 9.17) is 4.74 Å². The molecule has 1 saturated heterocycles. The number of rotatable bonds is 9. The van der Waals surface area contributed by atoms with Crippen LogP contribution >= 0.6 is 11.3 Å². The average molecular weight is 431 g/mol. The normalized spacial score (nSPS) is 14.9. The molecule has 2 N–H and O–H groups in total. The first-order valence-corrected chi connectivity index (χ1v) is 11.4. The summed E-state index contributed by atoms with van der Waals surface area (Å²) in [5.74, 6) is -0.369. The summed E-state index contributed by atoms with van der Waals surface area (Å²) in [5, 5.41) is 8.96. The third-order valence-electron chi connectivity index (χ3n) is 5.06. The van der Waals surface area contributed by atoms with E-state index in [0.717, 1.165) is 35.5 Å². The Morgan fingerprint density at radius 2 is 1.93 bits per heavy atom. The van der Waals surface area contributed by atoms with E-state index in [1.165, 1.54) is 0 Å². The van der Waals surface area contributed by atoms with Gasteiger partial charge in [0.2, 0.25) is 5.91 Å². The number of nitrogens with zero attached hydrogens (tertiary/aromatic N) is 2. The highest BCUT2D eigenvalue weighted by molar-refractivity contribution is 7.09. The van der Waals surface area contributed by atoms with Gasteiger partial charge in [0.15, 0.2) is 0 Å². The number of carbonyl (C=O) groups is 2. The summed E-state index contributed by atoms with van der Waals surface area (Å²) in [5.41, 5.74) is 1.97. The molecule has 1 aliphatic rings. The zero-order chi connectivity index (χ0) is 21.2. The van der Waals surface area contributed by atoms with E-state index in [1.54, 1.807) is 11.3 Å². The van der Waals surface area contributed by atoms with E-state index in [0.29, 0.717) is 32.8 Å². The van der Waals surface area contributed by atoms with Crippen LogP contribution in [0.15, 0.2) is 35.7 Å². The minimum atomic E-state index is -0.400. The van der Waals surface area contributed by atoms with Crippen LogP contribution in [0, 0.1) is 6.92 Å². The first kappa shape index (κ1) is 22.2. The Hall–Kier alpha value is -2.45. The standard InChI is InChI=1S/C22H30N4O3S/c1-17-16-30-20(25-17)9-5-6-10-23-22(28)24-15-19(18-7-3-2-4-8-18)21(27)26-11-13-29-14-12-26/h2-4,7-8,16,19H,5-6,9-15H2,1H3,(H2,23,24,28). The fourth-order valence-electron chi connectivity index (χ4n) is 3.42. The molecule has 1 atom stereocenters. The van der Waals surface area contributed by atoms with Gasteiger partial charge in [-0.3, -0.25) is 4.79 Å². The summed E-state index contributed by atoms with van der Waals surface area (Å²) in [7, 11) is 0. The van der Waals surface area contributed by atoms with Crippen molar-refractivity contribution in [1.29, 1.82) is 0 Å². The SMILES string of the molecule is Cc1csc(CCCCNC(=O)NCC(C(=O)N2CCOCC2)c2ccccc2)n1. The summed E-state index contributed by atoms with van der Waals surface area (Å²) < 4.78 is 5.35. The zero-order valence-electron chi connectivity index (χ0n) is 17.4. The van der Waals surface area contributed by atoms with Crippen molar-refractivity contribution >= 4 is 23.3 Å². The number of unbranched alkanes of at least 4 members (excludes halogenated alkanes) is 1. The number of hydrogen-bond acceptors (Lipinski definition) is 5. The molecule has 7 nitrogen and oxygen atoms in total. The smallest absolute Gasteiger partial charge is 0.314 e. The van der Waals surface area contributed by atoms with E-state index < -0.39 is 5.92 Å². The van der Waals surface area contributed by atoms with E-state index in [-0.39, 0.29) is 18.5 Å². The van der Waals surface area contributed by atoms with Gasteiger partial charge < -0.3 is 20.3 Å². The Morgan fingerprint density at radius 1 is 1.17 bits per heavy atom. The molecule has 3 rings (SSSR count). The van der Waals surface area contributed by atoms with Crippen molar-refractivity contribution in [2.45, 2.75) is 32.1 Å². The second kappa shape index (κ2) is 11.7. The molecule has 0 aliphatic carbocycles. The number of benzene rings is 1. The number of aromatic nitrogens is 1. The maximum Gasteiger partial charge on any atom is 0.314 e. The minimum absolute atomic E-state index is 0.0311. The number of aryl methyl sites for hydroxylation is 2. The lowest BCUT2D eigenvalue weighted by atomic mass is 9.97. The molecule has 1 aromatic heterocycles. The second-order valence-corrected chi connectivity index (χ2v) is 8.32.